The Morgan fingerprint density at radius 3 is 2.86 bits per heavy atom. The van der Waals surface area contributed by atoms with Crippen molar-refractivity contribution in [2.45, 2.75) is 37.6 Å². The van der Waals surface area contributed by atoms with Gasteiger partial charge < -0.3 is 15.3 Å². The molecule has 0 saturated carbocycles. The van der Waals surface area contributed by atoms with Gasteiger partial charge in [-0.25, -0.2) is 4.79 Å². The van der Waals surface area contributed by atoms with Crippen molar-refractivity contribution in [3.05, 3.63) is 29.8 Å². The topological polar surface area (TPSA) is 69.6 Å². The van der Waals surface area contributed by atoms with E-state index in [1.165, 1.54) is 0 Å². The van der Waals surface area contributed by atoms with E-state index in [0.717, 1.165) is 24.1 Å². The van der Waals surface area contributed by atoms with Crippen LogP contribution in [0.1, 0.15) is 37.7 Å². The second-order valence-corrected chi connectivity index (χ2v) is 6.05. The lowest BCUT2D eigenvalue weighted by atomic mass is 9.86. The number of carbonyl (C=O) groups excluding carboxylic acids is 1. The number of carboxylic acids is 1. The second kappa shape index (κ2) is 5.06. The van der Waals surface area contributed by atoms with E-state index in [-0.39, 0.29) is 11.8 Å². The summed E-state index contributed by atoms with van der Waals surface area (Å²) in [5.41, 5.74) is 0.873. The number of nitrogens with zero attached hydrogens (tertiary/aromatic N) is 1. The minimum absolute atomic E-state index is 0.0722. The van der Waals surface area contributed by atoms with E-state index in [4.69, 9.17) is 0 Å². The summed E-state index contributed by atoms with van der Waals surface area (Å²) in [6.45, 7) is 2.74. The number of likely N-dealkylation sites (tertiary alicyclic amines) is 1. The highest BCUT2D eigenvalue weighted by molar-refractivity contribution is 5.93. The molecule has 2 heterocycles. The lowest BCUT2D eigenvalue weighted by Gasteiger charge is -2.42. The zero-order valence-electron chi connectivity index (χ0n) is 12.1. The number of anilines is 1. The number of para-hydroxylation sites is 1. The van der Waals surface area contributed by atoms with Gasteiger partial charge in [0.25, 0.3) is 0 Å². The number of carboxylic acid groups (broad SMARTS) is 1. The molecule has 0 spiro atoms. The van der Waals surface area contributed by atoms with Gasteiger partial charge in [0.2, 0.25) is 5.91 Å². The van der Waals surface area contributed by atoms with E-state index in [1.807, 2.05) is 24.3 Å². The molecule has 1 saturated heterocycles. The van der Waals surface area contributed by atoms with Gasteiger partial charge in [-0.15, -0.1) is 0 Å². The fraction of sp³-hybridized carbons (Fsp3) is 0.500. The number of fused-ring (bicyclic) bond motifs is 1. The molecule has 0 aromatic heterocycles. The van der Waals surface area contributed by atoms with Crippen LogP contribution in [0.3, 0.4) is 0 Å². The lowest BCUT2D eigenvalue weighted by Crippen LogP contribution is -2.58. The highest BCUT2D eigenvalue weighted by atomic mass is 16.4. The van der Waals surface area contributed by atoms with Crippen LogP contribution in [-0.4, -0.2) is 40.5 Å². The SMILES string of the molecule is CC1(C(=O)O)CCCCN1C(=O)C1CNc2ccccc21. The van der Waals surface area contributed by atoms with E-state index in [0.29, 0.717) is 19.5 Å². The van der Waals surface area contributed by atoms with Crippen molar-refractivity contribution < 1.29 is 14.7 Å². The molecule has 0 aliphatic carbocycles. The molecular formula is C16H20N2O3. The standard InChI is InChI=1S/C16H20N2O3/c1-16(15(20)21)8-4-5-9-18(16)14(19)12-10-17-13-7-3-2-6-11(12)13/h2-3,6-7,12,17H,4-5,8-10H2,1H3,(H,20,21). The number of benzene rings is 1. The molecule has 2 aliphatic rings. The number of hydrogen-bond acceptors (Lipinski definition) is 3. The maximum Gasteiger partial charge on any atom is 0.329 e. The third-order valence-corrected chi connectivity index (χ3v) is 4.75. The third-order valence-electron chi connectivity index (χ3n) is 4.75. The smallest absolute Gasteiger partial charge is 0.329 e. The van der Waals surface area contributed by atoms with E-state index in [9.17, 15) is 14.7 Å². The summed E-state index contributed by atoms with van der Waals surface area (Å²) in [4.78, 5) is 26.1. The third kappa shape index (κ3) is 2.17. The van der Waals surface area contributed by atoms with E-state index < -0.39 is 11.5 Å². The number of amides is 1. The summed E-state index contributed by atoms with van der Waals surface area (Å²) in [6.07, 6.45) is 2.25. The van der Waals surface area contributed by atoms with Gasteiger partial charge in [-0.05, 0) is 37.8 Å². The Balaban J connectivity index is 1.90. The van der Waals surface area contributed by atoms with Crippen LogP contribution in [0.15, 0.2) is 24.3 Å². The number of aliphatic carboxylic acids is 1. The Hall–Kier alpha value is -2.04. The quantitative estimate of drug-likeness (QED) is 0.874. The zero-order valence-corrected chi connectivity index (χ0v) is 12.1. The Kier molecular flexibility index (Phi) is 3.35. The molecule has 1 amide bonds. The molecule has 2 unspecified atom stereocenters. The van der Waals surface area contributed by atoms with Crippen LogP contribution in [0.2, 0.25) is 0 Å². The molecule has 0 bridgehead atoms. The molecule has 1 aromatic rings. The van der Waals surface area contributed by atoms with Crippen molar-refractivity contribution in [3.63, 3.8) is 0 Å². The first kappa shape index (κ1) is 13.9. The predicted octanol–water partition coefficient (Wildman–Crippen LogP) is 2.05. The maximum atomic E-state index is 12.9. The van der Waals surface area contributed by atoms with Crippen molar-refractivity contribution in [2.75, 3.05) is 18.4 Å². The Morgan fingerprint density at radius 2 is 2.10 bits per heavy atom. The molecule has 112 valence electrons. The average Bonchev–Trinajstić information content (AvgIpc) is 2.91. The molecule has 2 aliphatic heterocycles. The predicted molar refractivity (Wildman–Crippen MR) is 79.3 cm³/mol. The van der Waals surface area contributed by atoms with Crippen LogP contribution in [0.25, 0.3) is 0 Å². The fourth-order valence-electron chi connectivity index (χ4n) is 3.39. The Bertz CT molecular complexity index is 587. The second-order valence-electron chi connectivity index (χ2n) is 6.05. The van der Waals surface area contributed by atoms with Crippen LogP contribution in [0, 0.1) is 0 Å². The molecule has 1 aromatic carbocycles. The Morgan fingerprint density at radius 1 is 1.33 bits per heavy atom. The molecule has 3 rings (SSSR count). The van der Waals surface area contributed by atoms with Crippen LogP contribution in [0.4, 0.5) is 5.69 Å². The number of hydrogen-bond donors (Lipinski definition) is 2. The summed E-state index contributed by atoms with van der Waals surface area (Å²) in [5, 5.41) is 12.8. The number of piperidine rings is 1. The molecule has 0 radical (unpaired) electrons. The van der Waals surface area contributed by atoms with Crippen molar-refractivity contribution >= 4 is 17.6 Å². The van der Waals surface area contributed by atoms with Gasteiger partial charge in [0.1, 0.15) is 5.54 Å². The summed E-state index contributed by atoms with van der Waals surface area (Å²) >= 11 is 0. The van der Waals surface area contributed by atoms with Gasteiger partial charge in [0.05, 0.1) is 5.92 Å². The maximum absolute atomic E-state index is 12.9. The van der Waals surface area contributed by atoms with Crippen LogP contribution in [0.5, 0.6) is 0 Å². The minimum Gasteiger partial charge on any atom is -0.480 e. The number of nitrogens with one attached hydrogen (secondary N) is 1. The molecule has 2 N–H and O–H groups in total. The highest BCUT2D eigenvalue weighted by Crippen LogP contribution is 2.36. The first-order chi connectivity index (χ1) is 10.0. The Labute approximate surface area is 123 Å². The zero-order chi connectivity index (χ0) is 15.0. The summed E-state index contributed by atoms with van der Waals surface area (Å²) < 4.78 is 0. The molecule has 2 atom stereocenters. The normalized spacial score (nSPS) is 27.9. The van der Waals surface area contributed by atoms with E-state index in [1.54, 1.807) is 11.8 Å². The molecular weight excluding hydrogens is 268 g/mol. The van der Waals surface area contributed by atoms with Crippen LogP contribution < -0.4 is 5.32 Å². The highest BCUT2D eigenvalue weighted by Gasteiger charge is 2.46. The number of rotatable bonds is 2. The number of carbonyl (C=O) groups is 2. The monoisotopic (exact) mass is 288 g/mol. The van der Waals surface area contributed by atoms with Gasteiger partial charge in [0.15, 0.2) is 0 Å². The molecule has 21 heavy (non-hydrogen) atoms. The van der Waals surface area contributed by atoms with Gasteiger partial charge in [-0.3, -0.25) is 4.79 Å². The van der Waals surface area contributed by atoms with E-state index in [2.05, 4.69) is 5.32 Å². The molecule has 5 nitrogen and oxygen atoms in total. The molecule has 5 heteroatoms. The van der Waals surface area contributed by atoms with Crippen molar-refractivity contribution in [3.8, 4) is 0 Å². The largest absolute Gasteiger partial charge is 0.480 e. The van der Waals surface area contributed by atoms with Crippen molar-refractivity contribution in [1.29, 1.82) is 0 Å². The van der Waals surface area contributed by atoms with Crippen molar-refractivity contribution in [1.82, 2.24) is 4.90 Å². The summed E-state index contributed by atoms with van der Waals surface area (Å²) in [6, 6.07) is 7.74. The minimum atomic E-state index is -1.08. The summed E-state index contributed by atoms with van der Waals surface area (Å²) in [7, 11) is 0. The first-order valence-corrected chi connectivity index (χ1v) is 7.42. The van der Waals surface area contributed by atoms with Gasteiger partial charge in [-0.2, -0.15) is 0 Å². The van der Waals surface area contributed by atoms with E-state index >= 15 is 0 Å². The van der Waals surface area contributed by atoms with Gasteiger partial charge in [0, 0.05) is 18.8 Å². The summed E-state index contributed by atoms with van der Waals surface area (Å²) in [5.74, 6) is -1.26. The van der Waals surface area contributed by atoms with Gasteiger partial charge >= 0.3 is 5.97 Å². The molecule has 1 fully saturated rings. The average molecular weight is 288 g/mol. The van der Waals surface area contributed by atoms with Gasteiger partial charge in [-0.1, -0.05) is 18.2 Å². The van der Waals surface area contributed by atoms with Crippen LogP contribution in [-0.2, 0) is 9.59 Å². The lowest BCUT2D eigenvalue weighted by molar-refractivity contribution is -0.161. The fourth-order valence-corrected chi connectivity index (χ4v) is 3.39. The van der Waals surface area contributed by atoms with Crippen LogP contribution >= 0.6 is 0 Å². The first-order valence-electron chi connectivity index (χ1n) is 7.42. The van der Waals surface area contributed by atoms with Crippen molar-refractivity contribution in [2.24, 2.45) is 0 Å².